The predicted octanol–water partition coefficient (Wildman–Crippen LogP) is 5.14. The van der Waals surface area contributed by atoms with Gasteiger partial charge in [-0.2, -0.15) is 0 Å². The van der Waals surface area contributed by atoms with E-state index in [9.17, 15) is 4.79 Å². The lowest BCUT2D eigenvalue weighted by Gasteiger charge is -2.33. The maximum Gasteiger partial charge on any atom is 0.407 e. The lowest BCUT2D eigenvalue weighted by atomic mass is 9.81. The van der Waals surface area contributed by atoms with Gasteiger partial charge in [-0.3, -0.25) is 0 Å². The van der Waals surface area contributed by atoms with Crippen LogP contribution in [0.2, 0.25) is 0 Å². The highest BCUT2D eigenvalue weighted by molar-refractivity contribution is 5.68. The molecule has 0 bridgehead atoms. The molecule has 0 saturated carbocycles. The molecule has 1 atom stereocenters. The summed E-state index contributed by atoms with van der Waals surface area (Å²) in [5, 5.41) is 3.04. The van der Waals surface area contributed by atoms with E-state index in [1.165, 1.54) is 0 Å². The number of ether oxygens (including phenoxy) is 1. The SMILES string of the molecule is CC(C)(C)CCCC(NC(=O)OC(C)(C)C)C(C)(C)C. The van der Waals surface area contributed by atoms with Gasteiger partial charge in [-0.25, -0.2) is 4.79 Å². The van der Waals surface area contributed by atoms with Crippen molar-refractivity contribution in [3.63, 3.8) is 0 Å². The van der Waals surface area contributed by atoms with Gasteiger partial charge in [0, 0.05) is 6.04 Å². The highest BCUT2D eigenvalue weighted by atomic mass is 16.6. The third kappa shape index (κ3) is 10.1. The van der Waals surface area contributed by atoms with Crippen LogP contribution in [0, 0.1) is 10.8 Å². The Bertz CT molecular complexity index is 302. The minimum Gasteiger partial charge on any atom is -0.444 e. The molecule has 0 fully saturated rings. The standard InChI is InChI=1S/C17H35NO2/c1-15(2,3)12-10-11-13(16(4,5)6)18-14(19)20-17(7,8)9/h13H,10-12H2,1-9H3,(H,18,19). The second-order valence-corrected chi connectivity index (χ2v) is 9.02. The summed E-state index contributed by atoms with van der Waals surface area (Å²) in [5.41, 5.74) is -0.0684. The third-order valence-corrected chi connectivity index (χ3v) is 3.16. The second-order valence-electron chi connectivity index (χ2n) is 9.02. The first-order chi connectivity index (χ1) is 8.71. The van der Waals surface area contributed by atoms with Gasteiger partial charge in [0.25, 0.3) is 0 Å². The summed E-state index contributed by atoms with van der Waals surface area (Å²) >= 11 is 0. The van der Waals surface area contributed by atoms with Crippen molar-refractivity contribution in [2.45, 2.75) is 93.2 Å². The van der Waals surface area contributed by atoms with Crippen molar-refractivity contribution in [1.29, 1.82) is 0 Å². The van der Waals surface area contributed by atoms with Crippen LogP contribution in [0.3, 0.4) is 0 Å². The fourth-order valence-electron chi connectivity index (χ4n) is 2.01. The summed E-state index contributed by atoms with van der Waals surface area (Å²) < 4.78 is 5.36. The van der Waals surface area contributed by atoms with E-state index < -0.39 is 5.60 Å². The van der Waals surface area contributed by atoms with Gasteiger partial charge in [0.15, 0.2) is 0 Å². The minimum absolute atomic E-state index is 0.0365. The molecule has 120 valence electrons. The van der Waals surface area contributed by atoms with Gasteiger partial charge in [0.05, 0.1) is 0 Å². The molecule has 0 heterocycles. The van der Waals surface area contributed by atoms with Crippen molar-refractivity contribution in [3.8, 4) is 0 Å². The first-order valence-corrected chi connectivity index (χ1v) is 7.70. The van der Waals surface area contributed by atoms with Crippen molar-refractivity contribution >= 4 is 6.09 Å². The van der Waals surface area contributed by atoms with E-state index in [1.807, 2.05) is 20.8 Å². The molecule has 0 aliphatic heterocycles. The fourth-order valence-corrected chi connectivity index (χ4v) is 2.01. The van der Waals surface area contributed by atoms with Crippen LogP contribution >= 0.6 is 0 Å². The average molecular weight is 285 g/mol. The van der Waals surface area contributed by atoms with Gasteiger partial charge in [0.2, 0.25) is 0 Å². The van der Waals surface area contributed by atoms with Crippen molar-refractivity contribution in [2.24, 2.45) is 10.8 Å². The summed E-state index contributed by atoms with van der Waals surface area (Å²) in [6, 6.07) is 0.139. The van der Waals surface area contributed by atoms with Gasteiger partial charge in [-0.1, -0.05) is 48.0 Å². The second kappa shape index (κ2) is 6.82. The monoisotopic (exact) mass is 285 g/mol. The molecule has 0 spiro atoms. The van der Waals surface area contributed by atoms with E-state index in [2.05, 4.69) is 46.9 Å². The third-order valence-electron chi connectivity index (χ3n) is 3.16. The highest BCUT2D eigenvalue weighted by Gasteiger charge is 2.28. The summed E-state index contributed by atoms with van der Waals surface area (Å²) in [6.07, 6.45) is 2.95. The Morgan fingerprint density at radius 1 is 1.00 bits per heavy atom. The lowest BCUT2D eigenvalue weighted by Crippen LogP contribution is -2.45. The Kier molecular flexibility index (Phi) is 6.57. The van der Waals surface area contributed by atoms with Gasteiger partial charge < -0.3 is 10.1 Å². The van der Waals surface area contributed by atoms with E-state index in [0.717, 1.165) is 19.3 Å². The molecule has 1 amide bonds. The minimum atomic E-state index is -0.447. The van der Waals surface area contributed by atoms with Crippen LogP contribution in [-0.4, -0.2) is 17.7 Å². The molecule has 1 N–H and O–H groups in total. The lowest BCUT2D eigenvalue weighted by molar-refractivity contribution is 0.0456. The predicted molar refractivity (Wildman–Crippen MR) is 85.9 cm³/mol. The topological polar surface area (TPSA) is 38.3 Å². The highest BCUT2D eigenvalue weighted by Crippen LogP contribution is 2.27. The van der Waals surface area contributed by atoms with Gasteiger partial charge >= 0.3 is 6.09 Å². The maximum absolute atomic E-state index is 11.9. The summed E-state index contributed by atoms with van der Waals surface area (Å²) in [4.78, 5) is 11.9. The molecular formula is C17H35NO2. The zero-order valence-electron chi connectivity index (χ0n) is 15.0. The molecule has 0 aromatic heterocycles. The first-order valence-electron chi connectivity index (χ1n) is 7.70. The van der Waals surface area contributed by atoms with Gasteiger partial charge in [-0.05, 0) is 44.4 Å². The first kappa shape index (κ1) is 19.3. The number of carbonyl (C=O) groups excluding carboxylic acids is 1. The number of hydrogen-bond acceptors (Lipinski definition) is 2. The molecule has 3 nitrogen and oxygen atoms in total. The largest absolute Gasteiger partial charge is 0.444 e. The van der Waals surface area contributed by atoms with Crippen LogP contribution in [0.5, 0.6) is 0 Å². The molecule has 0 aliphatic carbocycles. The quantitative estimate of drug-likeness (QED) is 0.776. The Morgan fingerprint density at radius 3 is 1.85 bits per heavy atom. The van der Waals surface area contributed by atoms with Crippen LogP contribution < -0.4 is 5.32 Å². The van der Waals surface area contributed by atoms with Crippen LogP contribution in [0.4, 0.5) is 4.79 Å². The Hall–Kier alpha value is -0.730. The van der Waals surface area contributed by atoms with Gasteiger partial charge in [-0.15, -0.1) is 0 Å². The van der Waals surface area contributed by atoms with E-state index in [1.54, 1.807) is 0 Å². The zero-order chi connectivity index (χ0) is 16.2. The molecule has 3 heteroatoms. The fraction of sp³-hybridized carbons (Fsp3) is 0.941. The van der Waals surface area contributed by atoms with E-state index in [4.69, 9.17) is 4.74 Å². The van der Waals surface area contributed by atoms with Crippen LogP contribution in [-0.2, 0) is 4.74 Å². The average Bonchev–Trinajstić information content (AvgIpc) is 2.09. The smallest absolute Gasteiger partial charge is 0.407 e. The molecule has 0 radical (unpaired) electrons. The molecule has 0 saturated heterocycles. The summed E-state index contributed by atoms with van der Waals surface area (Å²) in [5.74, 6) is 0. The number of nitrogens with one attached hydrogen (secondary N) is 1. The van der Waals surface area contributed by atoms with Crippen molar-refractivity contribution in [1.82, 2.24) is 5.32 Å². The maximum atomic E-state index is 11.9. The molecule has 0 aromatic carbocycles. The van der Waals surface area contributed by atoms with E-state index >= 15 is 0 Å². The molecule has 0 rings (SSSR count). The number of rotatable bonds is 4. The van der Waals surface area contributed by atoms with Crippen LogP contribution in [0.25, 0.3) is 0 Å². The van der Waals surface area contributed by atoms with Crippen molar-refractivity contribution in [2.75, 3.05) is 0 Å². The van der Waals surface area contributed by atoms with E-state index in [0.29, 0.717) is 5.41 Å². The Labute approximate surface area is 125 Å². The van der Waals surface area contributed by atoms with Gasteiger partial charge in [0.1, 0.15) is 5.60 Å². The van der Waals surface area contributed by atoms with Crippen LogP contribution in [0.15, 0.2) is 0 Å². The molecule has 1 unspecified atom stereocenters. The summed E-state index contributed by atoms with van der Waals surface area (Å²) in [6.45, 7) is 18.9. The molecule has 0 aliphatic rings. The van der Waals surface area contributed by atoms with Crippen molar-refractivity contribution < 1.29 is 9.53 Å². The van der Waals surface area contributed by atoms with Crippen molar-refractivity contribution in [3.05, 3.63) is 0 Å². The number of alkyl carbamates (subject to hydrolysis) is 1. The molecule has 0 aromatic rings. The molecule has 20 heavy (non-hydrogen) atoms. The Morgan fingerprint density at radius 2 is 1.50 bits per heavy atom. The summed E-state index contributed by atoms with van der Waals surface area (Å²) in [7, 11) is 0. The molecular weight excluding hydrogens is 250 g/mol. The van der Waals surface area contributed by atoms with Crippen LogP contribution in [0.1, 0.15) is 81.6 Å². The Balaban J connectivity index is 4.48. The number of amides is 1. The number of carbonyl (C=O) groups is 1. The normalized spacial score (nSPS) is 14.8. The zero-order valence-corrected chi connectivity index (χ0v) is 15.0. The van der Waals surface area contributed by atoms with E-state index in [-0.39, 0.29) is 17.6 Å². The number of hydrogen-bond donors (Lipinski definition) is 1.